The predicted molar refractivity (Wildman–Crippen MR) is 63.3 cm³/mol. The van der Waals surface area contributed by atoms with Crippen LogP contribution in [0.4, 0.5) is 5.82 Å². The van der Waals surface area contributed by atoms with Gasteiger partial charge in [-0.25, -0.2) is 4.98 Å². The van der Waals surface area contributed by atoms with Crippen LogP contribution in [0.3, 0.4) is 0 Å². The van der Waals surface area contributed by atoms with Gasteiger partial charge in [0.05, 0.1) is 11.6 Å². The topological polar surface area (TPSA) is 36.4 Å². The minimum absolute atomic E-state index is 0.0741. The van der Waals surface area contributed by atoms with Crippen LogP contribution in [0, 0.1) is 0 Å². The smallest absolute Gasteiger partial charge is 0.128 e. The average Bonchev–Trinajstić information content (AvgIpc) is 2.17. The highest BCUT2D eigenvalue weighted by atomic mass is 35.5. The van der Waals surface area contributed by atoms with Crippen LogP contribution in [0.15, 0.2) is 24.4 Å². The number of hydrogen-bond acceptors (Lipinski definition) is 3. The lowest BCUT2D eigenvalue weighted by molar-refractivity contribution is 0.282. The molecular formula is C11H15ClN2O. The Balaban J connectivity index is 2.90. The van der Waals surface area contributed by atoms with Gasteiger partial charge in [0.1, 0.15) is 5.82 Å². The Morgan fingerprint density at radius 2 is 2.33 bits per heavy atom. The first-order valence-electron chi connectivity index (χ1n) is 4.65. The first-order chi connectivity index (χ1) is 7.04. The summed E-state index contributed by atoms with van der Waals surface area (Å²) < 4.78 is 0. The van der Waals surface area contributed by atoms with E-state index in [-0.39, 0.29) is 6.61 Å². The molecule has 3 nitrogen and oxygen atoms in total. The van der Waals surface area contributed by atoms with Crippen molar-refractivity contribution in [2.45, 2.75) is 13.5 Å². The second-order valence-corrected chi connectivity index (χ2v) is 4.01. The van der Waals surface area contributed by atoms with Gasteiger partial charge < -0.3 is 10.0 Å². The summed E-state index contributed by atoms with van der Waals surface area (Å²) in [5, 5.41) is 9.55. The summed E-state index contributed by atoms with van der Waals surface area (Å²) in [5.41, 5.74) is 1.75. The van der Waals surface area contributed by atoms with Crippen LogP contribution in [0.25, 0.3) is 0 Å². The zero-order chi connectivity index (χ0) is 11.4. The van der Waals surface area contributed by atoms with E-state index in [2.05, 4.69) is 11.6 Å². The molecule has 15 heavy (non-hydrogen) atoms. The van der Waals surface area contributed by atoms with E-state index in [1.807, 2.05) is 18.9 Å². The molecule has 0 aliphatic heterocycles. The Morgan fingerprint density at radius 3 is 2.87 bits per heavy atom. The molecule has 1 aromatic heterocycles. The molecule has 0 amide bonds. The molecule has 0 aliphatic carbocycles. The summed E-state index contributed by atoms with van der Waals surface area (Å²) in [5.74, 6) is 0.784. The maximum Gasteiger partial charge on any atom is 0.128 e. The van der Waals surface area contributed by atoms with Crippen molar-refractivity contribution in [3.8, 4) is 0 Å². The second-order valence-electron chi connectivity index (χ2n) is 3.61. The Kier molecular flexibility index (Phi) is 4.12. The number of nitrogens with zero attached hydrogens (tertiary/aromatic N) is 2. The molecule has 0 fully saturated rings. The van der Waals surface area contributed by atoms with Crippen molar-refractivity contribution in [3.63, 3.8) is 0 Å². The molecule has 82 valence electrons. The third-order valence-electron chi connectivity index (χ3n) is 1.99. The maximum atomic E-state index is 9.06. The summed E-state index contributed by atoms with van der Waals surface area (Å²) in [6.45, 7) is 6.46. The van der Waals surface area contributed by atoms with Crippen molar-refractivity contribution in [1.29, 1.82) is 0 Å². The molecule has 4 heteroatoms. The van der Waals surface area contributed by atoms with Gasteiger partial charge in [0.25, 0.3) is 0 Å². The van der Waals surface area contributed by atoms with Crippen LogP contribution in [0.5, 0.6) is 0 Å². The Bertz CT molecular complexity index is 366. The quantitative estimate of drug-likeness (QED) is 0.800. The van der Waals surface area contributed by atoms with Crippen LogP contribution in [-0.4, -0.2) is 23.7 Å². The van der Waals surface area contributed by atoms with Gasteiger partial charge in [0, 0.05) is 25.4 Å². The van der Waals surface area contributed by atoms with Crippen LogP contribution >= 0.6 is 11.6 Å². The molecule has 0 spiro atoms. The van der Waals surface area contributed by atoms with Crippen molar-refractivity contribution in [3.05, 3.63) is 35.0 Å². The number of hydrogen-bond donors (Lipinski definition) is 1. The molecule has 0 aliphatic rings. The molecule has 0 saturated carbocycles. The Morgan fingerprint density at radius 1 is 1.67 bits per heavy atom. The van der Waals surface area contributed by atoms with E-state index in [0.717, 1.165) is 17.9 Å². The number of likely N-dealkylation sites (N-methyl/N-ethyl adjacent to an activating group) is 1. The first kappa shape index (κ1) is 12.0. The van der Waals surface area contributed by atoms with Crippen LogP contribution in [-0.2, 0) is 6.61 Å². The Labute approximate surface area is 95.0 Å². The lowest BCUT2D eigenvalue weighted by Gasteiger charge is -2.18. The summed E-state index contributed by atoms with van der Waals surface area (Å²) in [7, 11) is 1.92. The van der Waals surface area contributed by atoms with Crippen molar-refractivity contribution in [1.82, 2.24) is 4.98 Å². The third-order valence-corrected chi connectivity index (χ3v) is 2.33. The number of rotatable bonds is 4. The molecule has 0 unspecified atom stereocenters. The SMILES string of the molecule is C=C(C)CN(C)c1cc(CO)c(Cl)cn1. The van der Waals surface area contributed by atoms with Gasteiger partial charge >= 0.3 is 0 Å². The van der Waals surface area contributed by atoms with Gasteiger partial charge in [0.15, 0.2) is 0 Å². The maximum absolute atomic E-state index is 9.06. The molecule has 0 bridgehead atoms. The van der Waals surface area contributed by atoms with Gasteiger partial charge in [-0.3, -0.25) is 0 Å². The second kappa shape index (κ2) is 5.14. The number of pyridine rings is 1. The normalized spacial score (nSPS) is 10.1. The average molecular weight is 227 g/mol. The number of anilines is 1. The van der Waals surface area contributed by atoms with Gasteiger partial charge in [0.2, 0.25) is 0 Å². The van der Waals surface area contributed by atoms with Gasteiger partial charge in [-0.1, -0.05) is 23.8 Å². The monoisotopic (exact) mass is 226 g/mol. The van der Waals surface area contributed by atoms with Crippen molar-refractivity contribution in [2.24, 2.45) is 0 Å². The molecule has 1 N–H and O–H groups in total. The predicted octanol–water partition coefficient (Wildman–Crippen LogP) is 2.24. The highest BCUT2D eigenvalue weighted by Gasteiger charge is 2.06. The molecule has 1 rings (SSSR count). The zero-order valence-electron chi connectivity index (χ0n) is 9.00. The molecule has 1 heterocycles. The van der Waals surface area contributed by atoms with Gasteiger partial charge in [-0.2, -0.15) is 0 Å². The van der Waals surface area contributed by atoms with E-state index in [1.54, 1.807) is 12.3 Å². The molecular weight excluding hydrogens is 212 g/mol. The van der Waals surface area contributed by atoms with E-state index in [1.165, 1.54) is 0 Å². The number of aliphatic hydroxyl groups excluding tert-OH is 1. The van der Waals surface area contributed by atoms with E-state index in [0.29, 0.717) is 10.6 Å². The van der Waals surface area contributed by atoms with Crippen LogP contribution < -0.4 is 4.90 Å². The molecule has 0 atom stereocenters. The van der Waals surface area contributed by atoms with E-state index in [4.69, 9.17) is 16.7 Å². The number of aromatic nitrogens is 1. The summed E-state index contributed by atoms with van der Waals surface area (Å²) in [4.78, 5) is 6.14. The summed E-state index contributed by atoms with van der Waals surface area (Å²) >= 11 is 5.85. The lowest BCUT2D eigenvalue weighted by atomic mass is 10.2. The van der Waals surface area contributed by atoms with Gasteiger partial charge in [-0.05, 0) is 13.0 Å². The standard InChI is InChI=1S/C11H15ClN2O/c1-8(2)6-14(3)11-4-9(7-15)10(12)5-13-11/h4-5,15H,1,6-7H2,2-3H3. The minimum Gasteiger partial charge on any atom is -0.392 e. The molecule has 0 aromatic carbocycles. The number of aliphatic hydroxyl groups is 1. The fourth-order valence-electron chi connectivity index (χ4n) is 1.28. The molecule has 0 saturated heterocycles. The highest BCUT2D eigenvalue weighted by Crippen LogP contribution is 2.20. The van der Waals surface area contributed by atoms with Crippen molar-refractivity contribution in [2.75, 3.05) is 18.5 Å². The molecule has 0 radical (unpaired) electrons. The van der Waals surface area contributed by atoms with E-state index < -0.39 is 0 Å². The Hall–Kier alpha value is -1.06. The van der Waals surface area contributed by atoms with E-state index in [9.17, 15) is 0 Å². The van der Waals surface area contributed by atoms with E-state index >= 15 is 0 Å². The summed E-state index contributed by atoms with van der Waals surface area (Å²) in [6, 6.07) is 1.78. The third kappa shape index (κ3) is 3.22. The van der Waals surface area contributed by atoms with Crippen molar-refractivity contribution >= 4 is 17.4 Å². The zero-order valence-corrected chi connectivity index (χ0v) is 9.75. The fourth-order valence-corrected chi connectivity index (χ4v) is 1.45. The highest BCUT2D eigenvalue weighted by molar-refractivity contribution is 6.31. The van der Waals surface area contributed by atoms with Crippen LogP contribution in [0.2, 0.25) is 5.02 Å². The van der Waals surface area contributed by atoms with Gasteiger partial charge in [-0.15, -0.1) is 0 Å². The largest absolute Gasteiger partial charge is 0.392 e. The minimum atomic E-state index is -0.0741. The summed E-state index contributed by atoms with van der Waals surface area (Å²) in [6.07, 6.45) is 1.55. The fraction of sp³-hybridized carbons (Fsp3) is 0.364. The van der Waals surface area contributed by atoms with Crippen molar-refractivity contribution < 1.29 is 5.11 Å². The molecule has 1 aromatic rings. The van der Waals surface area contributed by atoms with Crippen LogP contribution in [0.1, 0.15) is 12.5 Å². The lowest BCUT2D eigenvalue weighted by Crippen LogP contribution is -2.20. The number of halogens is 1. The first-order valence-corrected chi connectivity index (χ1v) is 5.03.